The molecule has 1 fully saturated rings. The summed E-state index contributed by atoms with van der Waals surface area (Å²) >= 11 is 0. The van der Waals surface area contributed by atoms with Crippen LogP contribution in [0.2, 0.25) is 0 Å². The van der Waals surface area contributed by atoms with Crippen molar-refractivity contribution in [3.8, 4) is 0 Å². The number of hydrogen-bond acceptors (Lipinski definition) is 2. The fourth-order valence-corrected chi connectivity index (χ4v) is 1.65. The maximum atomic E-state index is 3.41. The molecule has 0 spiro atoms. The van der Waals surface area contributed by atoms with Gasteiger partial charge in [-0.15, -0.1) is 0 Å². The summed E-state index contributed by atoms with van der Waals surface area (Å²) in [7, 11) is 2.07. The van der Waals surface area contributed by atoms with Crippen molar-refractivity contribution in [2.45, 2.75) is 38.8 Å². The van der Waals surface area contributed by atoms with Gasteiger partial charge in [-0.1, -0.05) is 6.92 Å². The van der Waals surface area contributed by atoms with Crippen molar-refractivity contribution in [2.75, 3.05) is 20.1 Å². The zero-order chi connectivity index (χ0) is 8.48. The van der Waals surface area contributed by atoms with Gasteiger partial charge in [-0.3, -0.25) is 4.90 Å². The van der Waals surface area contributed by atoms with Crippen LogP contribution in [-0.2, 0) is 0 Å². The first-order valence-corrected chi connectivity index (χ1v) is 4.56. The van der Waals surface area contributed by atoms with Gasteiger partial charge in [-0.05, 0) is 27.3 Å². The van der Waals surface area contributed by atoms with Crippen LogP contribution in [0, 0.1) is 0 Å². The smallest absolute Gasteiger partial charge is 0.0432 e. The molecule has 1 rings (SSSR count). The number of likely N-dealkylation sites (tertiary alicyclic amines) is 1. The monoisotopic (exact) mass is 156 g/mol. The van der Waals surface area contributed by atoms with E-state index in [4.69, 9.17) is 0 Å². The van der Waals surface area contributed by atoms with E-state index in [0.29, 0.717) is 11.6 Å². The molecule has 1 aliphatic rings. The second-order valence-electron chi connectivity index (χ2n) is 3.88. The molecule has 2 nitrogen and oxygen atoms in total. The Labute approximate surface area is 70.0 Å². The molecule has 0 bridgehead atoms. The maximum Gasteiger partial charge on any atom is 0.0432 e. The molecule has 0 unspecified atom stereocenters. The highest BCUT2D eigenvalue weighted by Gasteiger charge is 2.40. The van der Waals surface area contributed by atoms with Gasteiger partial charge in [0.25, 0.3) is 0 Å². The molecule has 0 aromatic heterocycles. The first-order valence-electron chi connectivity index (χ1n) is 4.56. The third-order valence-corrected chi connectivity index (χ3v) is 2.95. The molecule has 1 aliphatic heterocycles. The summed E-state index contributed by atoms with van der Waals surface area (Å²) in [6.07, 6.45) is 1.24. The Hall–Kier alpha value is -0.0800. The lowest BCUT2D eigenvalue weighted by atomic mass is 9.86. The van der Waals surface area contributed by atoms with E-state index >= 15 is 0 Å². The Kier molecular flexibility index (Phi) is 2.55. The van der Waals surface area contributed by atoms with E-state index < -0.39 is 0 Å². The average Bonchev–Trinajstić information content (AvgIpc) is 1.87. The molecule has 66 valence electrons. The molecule has 1 N–H and O–H groups in total. The largest absolute Gasteiger partial charge is 0.312 e. The molecule has 0 atom stereocenters. The maximum absolute atomic E-state index is 3.41. The van der Waals surface area contributed by atoms with E-state index in [9.17, 15) is 0 Å². The number of hydrogen-bond donors (Lipinski definition) is 1. The predicted octanol–water partition coefficient (Wildman–Crippen LogP) is 1.08. The minimum atomic E-state index is 0.435. The number of rotatable bonds is 3. The number of nitrogens with one attached hydrogen (secondary N) is 1. The van der Waals surface area contributed by atoms with Crippen molar-refractivity contribution in [1.29, 1.82) is 0 Å². The van der Waals surface area contributed by atoms with Gasteiger partial charge in [0.1, 0.15) is 0 Å². The van der Waals surface area contributed by atoms with Crippen LogP contribution in [0.5, 0.6) is 0 Å². The molecule has 1 heterocycles. The number of likely N-dealkylation sites (N-methyl/N-ethyl adjacent to an activating group) is 1. The summed E-state index contributed by atoms with van der Waals surface area (Å²) in [5, 5.41) is 3.41. The van der Waals surface area contributed by atoms with Gasteiger partial charge in [-0.2, -0.15) is 0 Å². The van der Waals surface area contributed by atoms with Gasteiger partial charge in [-0.25, -0.2) is 0 Å². The van der Waals surface area contributed by atoms with Gasteiger partial charge < -0.3 is 5.32 Å². The highest BCUT2D eigenvalue weighted by molar-refractivity contribution is 5.01. The second-order valence-corrected chi connectivity index (χ2v) is 3.88. The molecule has 11 heavy (non-hydrogen) atoms. The summed E-state index contributed by atoms with van der Waals surface area (Å²) < 4.78 is 0. The van der Waals surface area contributed by atoms with Crippen LogP contribution in [0.3, 0.4) is 0 Å². The molecular weight excluding hydrogens is 136 g/mol. The van der Waals surface area contributed by atoms with Crippen LogP contribution in [0.4, 0.5) is 0 Å². The van der Waals surface area contributed by atoms with E-state index in [1.54, 1.807) is 0 Å². The van der Waals surface area contributed by atoms with Crippen LogP contribution in [0.25, 0.3) is 0 Å². The molecule has 0 aliphatic carbocycles. The van der Waals surface area contributed by atoms with Gasteiger partial charge in [0.05, 0.1) is 0 Å². The second kappa shape index (κ2) is 3.11. The van der Waals surface area contributed by atoms with Gasteiger partial charge >= 0.3 is 0 Å². The predicted molar refractivity (Wildman–Crippen MR) is 48.8 cm³/mol. The fourth-order valence-electron chi connectivity index (χ4n) is 1.65. The van der Waals surface area contributed by atoms with Crippen molar-refractivity contribution in [1.82, 2.24) is 10.2 Å². The molecule has 0 aromatic rings. The van der Waals surface area contributed by atoms with E-state index in [2.05, 4.69) is 38.0 Å². The number of nitrogens with zero attached hydrogens (tertiary/aromatic N) is 1. The highest BCUT2D eigenvalue weighted by atomic mass is 15.3. The van der Waals surface area contributed by atoms with Gasteiger partial charge in [0.15, 0.2) is 0 Å². The van der Waals surface area contributed by atoms with Crippen molar-refractivity contribution in [3.63, 3.8) is 0 Å². The van der Waals surface area contributed by atoms with Crippen LogP contribution >= 0.6 is 0 Å². The van der Waals surface area contributed by atoms with Crippen molar-refractivity contribution < 1.29 is 0 Å². The Morgan fingerprint density at radius 3 is 2.27 bits per heavy atom. The standard InChI is InChI=1S/C9H20N2/c1-5-9(10-4)6-11(7-9)8(2)3/h8,10H,5-7H2,1-4H3. The first-order chi connectivity index (χ1) is 5.13. The minimum absolute atomic E-state index is 0.435. The summed E-state index contributed by atoms with van der Waals surface area (Å²) in [4.78, 5) is 2.50. The molecular formula is C9H20N2. The highest BCUT2D eigenvalue weighted by Crippen LogP contribution is 2.25. The SMILES string of the molecule is CCC1(NC)CN(C(C)C)C1. The molecule has 0 amide bonds. The van der Waals surface area contributed by atoms with E-state index in [0.717, 1.165) is 0 Å². The molecule has 0 saturated carbocycles. The van der Waals surface area contributed by atoms with E-state index in [-0.39, 0.29) is 0 Å². The topological polar surface area (TPSA) is 15.3 Å². The van der Waals surface area contributed by atoms with Gasteiger partial charge in [0, 0.05) is 24.7 Å². The van der Waals surface area contributed by atoms with Crippen LogP contribution in [-0.4, -0.2) is 36.6 Å². The van der Waals surface area contributed by atoms with Crippen LogP contribution in [0.15, 0.2) is 0 Å². The lowest BCUT2D eigenvalue weighted by Crippen LogP contribution is -2.69. The van der Waals surface area contributed by atoms with Gasteiger partial charge in [0.2, 0.25) is 0 Å². The van der Waals surface area contributed by atoms with Crippen molar-refractivity contribution >= 4 is 0 Å². The minimum Gasteiger partial charge on any atom is -0.312 e. The zero-order valence-electron chi connectivity index (χ0n) is 8.15. The van der Waals surface area contributed by atoms with E-state index in [1.807, 2.05) is 0 Å². The Balaban J connectivity index is 2.35. The lowest BCUT2D eigenvalue weighted by molar-refractivity contribution is 0.0189. The molecule has 1 saturated heterocycles. The Morgan fingerprint density at radius 2 is 2.00 bits per heavy atom. The molecule has 2 heteroatoms. The Morgan fingerprint density at radius 1 is 1.45 bits per heavy atom. The van der Waals surface area contributed by atoms with Crippen molar-refractivity contribution in [3.05, 3.63) is 0 Å². The third-order valence-electron chi connectivity index (χ3n) is 2.95. The average molecular weight is 156 g/mol. The summed E-state index contributed by atoms with van der Waals surface area (Å²) in [6.45, 7) is 9.22. The molecule has 0 aromatic carbocycles. The fraction of sp³-hybridized carbons (Fsp3) is 1.00. The van der Waals surface area contributed by atoms with Crippen LogP contribution < -0.4 is 5.32 Å². The quantitative estimate of drug-likeness (QED) is 0.658. The summed E-state index contributed by atoms with van der Waals surface area (Å²) in [6, 6.07) is 0.711. The first kappa shape index (κ1) is 9.01. The Bertz CT molecular complexity index is 120. The molecule has 0 radical (unpaired) electrons. The summed E-state index contributed by atoms with van der Waals surface area (Å²) in [5.74, 6) is 0. The van der Waals surface area contributed by atoms with Crippen molar-refractivity contribution in [2.24, 2.45) is 0 Å². The lowest BCUT2D eigenvalue weighted by Gasteiger charge is -2.52. The van der Waals surface area contributed by atoms with E-state index in [1.165, 1.54) is 19.5 Å². The third kappa shape index (κ3) is 1.57. The summed E-state index contributed by atoms with van der Waals surface area (Å²) in [5.41, 5.74) is 0.435. The van der Waals surface area contributed by atoms with Crippen LogP contribution in [0.1, 0.15) is 27.2 Å². The zero-order valence-corrected chi connectivity index (χ0v) is 8.15. The normalized spacial score (nSPS) is 23.7.